The van der Waals surface area contributed by atoms with Crippen LogP contribution in [0.15, 0.2) is 24.3 Å². The van der Waals surface area contributed by atoms with Crippen LogP contribution in [0.5, 0.6) is 0 Å². The summed E-state index contributed by atoms with van der Waals surface area (Å²) < 4.78 is 5.89. The van der Waals surface area contributed by atoms with Crippen molar-refractivity contribution in [3.8, 4) is 0 Å². The Bertz CT molecular complexity index is 420. The first kappa shape index (κ1) is 14.9. The van der Waals surface area contributed by atoms with Crippen molar-refractivity contribution in [3.05, 3.63) is 27.8 Å². The van der Waals surface area contributed by atoms with E-state index in [1.165, 1.54) is 0 Å². The second kappa shape index (κ2) is 8.07. The maximum Gasteiger partial charge on any atom is 0.306 e. The summed E-state index contributed by atoms with van der Waals surface area (Å²) in [5.74, 6) is -0.642. The zero-order valence-electron chi connectivity index (χ0n) is 10.2. The van der Waals surface area contributed by atoms with E-state index in [-0.39, 0.29) is 18.5 Å². The van der Waals surface area contributed by atoms with Crippen LogP contribution >= 0.6 is 22.6 Å². The van der Waals surface area contributed by atoms with E-state index in [2.05, 4.69) is 27.9 Å². The Morgan fingerprint density at radius 2 is 2.17 bits per heavy atom. The number of hydrogen-bond acceptors (Lipinski definition) is 3. The fraction of sp³-hybridized carbons (Fsp3) is 0.385. The largest absolute Gasteiger partial charge is 0.456 e. The number of amides is 1. The summed E-state index contributed by atoms with van der Waals surface area (Å²) >= 11 is 2.16. The number of ether oxygens (including phenoxy) is 1. The number of unbranched alkanes of at least 4 members (excludes halogenated alkanes) is 1. The quantitative estimate of drug-likeness (QED) is 0.626. The SMILES string of the molecule is CCCCC(=O)OCC(=O)Nc1cccc(I)c1. The summed E-state index contributed by atoms with van der Waals surface area (Å²) in [6.45, 7) is 1.77. The van der Waals surface area contributed by atoms with Crippen molar-refractivity contribution < 1.29 is 14.3 Å². The van der Waals surface area contributed by atoms with Gasteiger partial charge < -0.3 is 10.1 Å². The second-order valence-corrected chi connectivity index (χ2v) is 5.07. The van der Waals surface area contributed by atoms with Crippen LogP contribution in [0.4, 0.5) is 5.69 Å². The molecule has 0 saturated carbocycles. The molecule has 1 rings (SSSR count). The van der Waals surface area contributed by atoms with Crippen molar-refractivity contribution in [3.63, 3.8) is 0 Å². The number of carbonyl (C=O) groups is 2. The minimum absolute atomic E-state index is 0.228. The Labute approximate surface area is 120 Å². The van der Waals surface area contributed by atoms with Crippen LogP contribution in [0.25, 0.3) is 0 Å². The fourth-order valence-electron chi connectivity index (χ4n) is 1.30. The van der Waals surface area contributed by atoms with Gasteiger partial charge >= 0.3 is 5.97 Å². The van der Waals surface area contributed by atoms with E-state index in [0.29, 0.717) is 12.1 Å². The van der Waals surface area contributed by atoms with Crippen molar-refractivity contribution in [2.24, 2.45) is 0 Å². The molecule has 0 aliphatic heterocycles. The van der Waals surface area contributed by atoms with E-state index in [1.807, 2.05) is 25.1 Å². The van der Waals surface area contributed by atoms with Gasteiger partial charge in [0.05, 0.1) is 0 Å². The summed E-state index contributed by atoms with van der Waals surface area (Å²) in [6, 6.07) is 7.42. The van der Waals surface area contributed by atoms with Crippen LogP contribution < -0.4 is 5.32 Å². The normalized spacial score (nSPS) is 9.89. The standard InChI is InChI=1S/C13H16INO3/c1-2-3-7-13(17)18-9-12(16)15-11-6-4-5-10(14)8-11/h4-6,8H,2-3,7,9H2,1H3,(H,15,16). The molecule has 0 aliphatic carbocycles. The lowest BCUT2D eigenvalue weighted by atomic mass is 10.2. The van der Waals surface area contributed by atoms with E-state index in [0.717, 1.165) is 16.4 Å². The molecule has 1 amide bonds. The molecule has 98 valence electrons. The van der Waals surface area contributed by atoms with Crippen molar-refractivity contribution in [1.82, 2.24) is 0 Å². The first-order valence-corrected chi connectivity index (χ1v) is 6.90. The first-order chi connectivity index (χ1) is 8.61. The number of hydrogen-bond donors (Lipinski definition) is 1. The number of esters is 1. The molecule has 0 radical (unpaired) electrons. The summed E-state index contributed by atoms with van der Waals surface area (Å²) in [5, 5.41) is 2.67. The topological polar surface area (TPSA) is 55.4 Å². The molecule has 0 saturated heterocycles. The molecule has 5 heteroatoms. The lowest BCUT2D eigenvalue weighted by molar-refractivity contribution is -0.147. The highest BCUT2D eigenvalue weighted by molar-refractivity contribution is 14.1. The molecule has 0 bridgehead atoms. The monoisotopic (exact) mass is 361 g/mol. The molecule has 18 heavy (non-hydrogen) atoms. The van der Waals surface area contributed by atoms with Crippen LogP contribution in [0, 0.1) is 3.57 Å². The van der Waals surface area contributed by atoms with Crippen LogP contribution in [-0.4, -0.2) is 18.5 Å². The highest BCUT2D eigenvalue weighted by Crippen LogP contribution is 2.12. The van der Waals surface area contributed by atoms with Gasteiger partial charge in [-0.25, -0.2) is 0 Å². The minimum atomic E-state index is -0.324. The number of carbonyl (C=O) groups excluding carboxylic acids is 2. The van der Waals surface area contributed by atoms with Crippen molar-refractivity contribution in [2.45, 2.75) is 26.2 Å². The molecular formula is C13H16INO3. The summed E-state index contributed by atoms with van der Waals surface area (Å²) in [7, 11) is 0. The molecule has 1 aromatic rings. The van der Waals surface area contributed by atoms with Crippen molar-refractivity contribution in [1.29, 1.82) is 0 Å². The Morgan fingerprint density at radius 1 is 1.39 bits per heavy atom. The van der Waals surface area contributed by atoms with Gasteiger partial charge in [-0.1, -0.05) is 19.4 Å². The van der Waals surface area contributed by atoms with Gasteiger partial charge in [-0.2, -0.15) is 0 Å². The average molecular weight is 361 g/mol. The molecule has 1 aromatic carbocycles. The molecule has 4 nitrogen and oxygen atoms in total. The maximum atomic E-state index is 11.5. The molecule has 0 heterocycles. The molecule has 1 N–H and O–H groups in total. The third-order valence-electron chi connectivity index (χ3n) is 2.21. The van der Waals surface area contributed by atoms with Crippen LogP contribution in [0.1, 0.15) is 26.2 Å². The zero-order valence-corrected chi connectivity index (χ0v) is 12.4. The number of anilines is 1. The summed E-state index contributed by atoms with van der Waals surface area (Å²) in [4.78, 5) is 22.7. The molecule has 0 unspecified atom stereocenters. The van der Waals surface area contributed by atoms with E-state index in [4.69, 9.17) is 4.74 Å². The van der Waals surface area contributed by atoms with E-state index in [9.17, 15) is 9.59 Å². The number of nitrogens with one attached hydrogen (secondary N) is 1. The van der Waals surface area contributed by atoms with Crippen LogP contribution in [0.2, 0.25) is 0 Å². The summed E-state index contributed by atoms with van der Waals surface area (Å²) in [5.41, 5.74) is 0.705. The third-order valence-corrected chi connectivity index (χ3v) is 2.88. The van der Waals surface area contributed by atoms with Gasteiger partial charge in [0, 0.05) is 15.7 Å². The average Bonchev–Trinajstić information content (AvgIpc) is 2.34. The molecule has 0 aliphatic rings. The van der Waals surface area contributed by atoms with Crippen LogP contribution in [0.3, 0.4) is 0 Å². The molecule has 0 fully saturated rings. The third kappa shape index (κ3) is 6.00. The number of halogens is 1. The zero-order chi connectivity index (χ0) is 13.4. The Kier molecular flexibility index (Phi) is 6.70. The predicted molar refractivity (Wildman–Crippen MR) is 78.3 cm³/mol. The van der Waals surface area contributed by atoms with Crippen molar-refractivity contribution >= 4 is 40.2 Å². The maximum absolute atomic E-state index is 11.5. The predicted octanol–water partition coefficient (Wildman–Crippen LogP) is 2.96. The van der Waals surface area contributed by atoms with E-state index >= 15 is 0 Å². The first-order valence-electron chi connectivity index (χ1n) is 5.83. The van der Waals surface area contributed by atoms with E-state index < -0.39 is 0 Å². The highest BCUT2D eigenvalue weighted by atomic mass is 127. The number of rotatable bonds is 6. The lowest BCUT2D eigenvalue weighted by Gasteiger charge is -2.06. The van der Waals surface area contributed by atoms with Gasteiger partial charge in [0.25, 0.3) is 5.91 Å². The molecule has 0 atom stereocenters. The highest BCUT2D eigenvalue weighted by Gasteiger charge is 2.07. The van der Waals surface area contributed by atoms with Crippen LogP contribution in [-0.2, 0) is 14.3 Å². The summed E-state index contributed by atoms with van der Waals surface area (Å²) in [6.07, 6.45) is 2.09. The fourth-order valence-corrected chi connectivity index (χ4v) is 1.85. The van der Waals surface area contributed by atoms with Gasteiger partial charge in [-0.15, -0.1) is 0 Å². The van der Waals surface area contributed by atoms with Gasteiger partial charge in [0.1, 0.15) is 0 Å². The van der Waals surface area contributed by atoms with Gasteiger partial charge in [0.15, 0.2) is 6.61 Å². The Balaban J connectivity index is 2.31. The Morgan fingerprint density at radius 3 is 2.83 bits per heavy atom. The van der Waals surface area contributed by atoms with Gasteiger partial charge in [0.2, 0.25) is 0 Å². The molecular weight excluding hydrogens is 345 g/mol. The lowest BCUT2D eigenvalue weighted by Crippen LogP contribution is -2.20. The minimum Gasteiger partial charge on any atom is -0.456 e. The molecule has 0 spiro atoms. The van der Waals surface area contributed by atoms with Gasteiger partial charge in [-0.05, 0) is 47.2 Å². The van der Waals surface area contributed by atoms with Crippen molar-refractivity contribution in [2.75, 3.05) is 11.9 Å². The molecule has 0 aromatic heterocycles. The van der Waals surface area contributed by atoms with Gasteiger partial charge in [-0.3, -0.25) is 9.59 Å². The second-order valence-electron chi connectivity index (χ2n) is 3.82. The van der Waals surface area contributed by atoms with E-state index in [1.54, 1.807) is 6.07 Å². The Hall–Kier alpha value is -1.11. The smallest absolute Gasteiger partial charge is 0.306 e. The number of benzene rings is 1.